The zero-order chi connectivity index (χ0) is 19.9. The van der Waals surface area contributed by atoms with Crippen LogP contribution in [0.1, 0.15) is 48.8 Å². The first-order chi connectivity index (χ1) is 13.5. The molecule has 146 valence electrons. The van der Waals surface area contributed by atoms with Crippen molar-refractivity contribution in [2.24, 2.45) is 0 Å². The number of nitrogens with one attached hydrogen (secondary N) is 1. The highest BCUT2D eigenvalue weighted by Gasteiger charge is 2.11. The van der Waals surface area contributed by atoms with Crippen molar-refractivity contribution in [1.29, 1.82) is 0 Å². The van der Waals surface area contributed by atoms with Crippen LogP contribution in [-0.4, -0.2) is 21.9 Å². The van der Waals surface area contributed by atoms with Gasteiger partial charge in [-0.05, 0) is 36.1 Å². The van der Waals surface area contributed by atoms with E-state index in [1.165, 1.54) is 11.1 Å². The predicted octanol–water partition coefficient (Wildman–Crippen LogP) is 5.21. The average molecular weight is 396 g/mol. The Balaban J connectivity index is 1.45. The zero-order valence-electron chi connectivity index (χ0n) is 16.4. The Bertz CT molecular complexity index is 902. The van der Waals surface area contributed by atoms with Gasteiger partial charge in [0.05, 0.1) is 6.42 Å². The Hall–Kier alpha value is -2.60. The van der Waals surface area contributed by atoms with E-state index in [0.29, 0.717) is 30.4 Å². The number of hydrogen-bond donors (Lipinski definition) is 1. The van der Waals surface area contributed by atoms with Crippen LogP contribution in [0.25, 0.3) is 0 Å². The summed E-state index contributed by atoms with van der Waals surface area (Å²) in [5.74, 6) is 1.55. The van der Waals surface area contributed by atoms with E-state index in [2.05, 4.69) is 84.8 Å². The summed E-state index contributed by atoms with van der Waals surface area (Å²) in [6, 6.07) is 16.8. The minimum absolute atomic E-state index is 0.129. The van der Waals surface area contributed by atoms with Gasteiger partial charge in [0.25, 0.3) is 0 Å². The molecule has 1 aromatic heterocycles. The molecule has 0 fully saturated rings. The maximum absolute atomic E-state index is 12.1. The predicted molar refractivity (Wildman–Crippen MR) is 113 cm³/mol. The van der Waals surface area contributed by atoms with Crippen molar-refractivity contribution >= 4 is 23.7 Å². The van der Waals surface area contributed by atoms with E-state index in [4.69, 9.17) is 4.42 Å². The second kappa shape index (κ2) is 9.55. The van der Waals surface area contributed by atoms with Crippen LogP contribution in [0.4, 0.5) is 6.01 Å². The van der Waals surface area contributed by atoms with Gasteiger partial charge in [0.15, 0.2) is 0 Å². The number of benzene rings is 2. The van der Waals surface area contributed by atoms with Crippen LogP contribution in [0.3, 0.4) is 0 Å². The zero-order valence-corrected chi connectivity index (χ0v) is 17.3. The molecule has 0 radical (unpaired) electrons. The minimum atomic E-state index is -0.129. The van der Waals surface area contributed by atoms with Gasteiger partial charge in [-0.3, -0.25) is 10.1 Å². The number of hydrogen-bond acceptors (Lipinski definition) is 5. The number of aryl methyl sites for hydroxylation is 1. The first-order valence-electron chi connectivity index (χ1n) is 9.40. The van der Waals surface area contributed by atoms with E-state index < -0.39 is 0 Å². The highest BCUT2D eigenvalue weighted by molar-refractivity contribution is 7.99. The Morgan fingerprint density at radius 2 is 1.79 bits per heavy atom. The lowest BCUT2D eigenvalue weighted by atomic mass is 10.0. The third kappa shape index (κ3) is 5.96. The number of amides is 1. The lowest BCUT2D eigenvalue weighted by Gasteiger charge is -2.05. The van der Waals surface area contributed by atoms with Crippen LogP contribution in [0, 0.1) is 6.92 Å². The number of rotatable bonds is 8. The molecule has 3 rings (SSSR count). The summed E-state index contributed by atoms with van der Waals surface area (Å²) in [6.07, 6.45) is 0.928. The van der Waals surface area contributed by atoms with E-state index >= 15 is 0 Å². The average Bonchev–Trinajstić information content (AvgIpc) is 3.10. The molecule has 0 saturated carbocycles. The molecule has 1 amide bonds. The maximum Gasteiger partial charge on any atom is 0.322 e. The summed E-state index contributed by atoms with van der Waals surface area (Å²) in [5, 5.41) is 10.6. The summed E-state index contributed by atoms with van der Waals surface area (Å²) < 4.78 is 5.55. The van der Waals surface area contributed by atoms with Crippen LogP contribution in [0.15, 0.2) is 57.8 Å². The smallest absolute Gasteiger partial charge is 0.322 e. The maximum atomic E-state index is 12.1. The highest BCUT2D eigenvalue weighted by Crippen LogP contribution is 2.20. The van der Waals surface area contributed by atoms with E-state index in [1.54, 1.807) is 11.8 Å². The third-order valence-electron chi connectivity index (χ3n) is 4.33. The summed E-state index contributed by atoms with van der Waals surface area (Å²) >= 11 is 1.65. The molecule has 0 saturated heterocycles. The fourth-order valence-electron chi connectivity index (χ4n) is 2.65. The molecule has 6 heteroatoms. The second-order valence-corrected chi connectivity index (χ2v) is 8.20. The van der Waals surface area contributed by atoms with Crippen LogP contribution in [-0.2, 0) is 11.2 Å². The molecule has 2 aromatic carbocycles. The molecular formula is C22H25N3O2S. The molecule has 28 heavy (non-hydrogen) atoms. The van der Waals surface area contributed by atoms with Gasteiger partial charge in [0, 0.05) is 17.1 Å². The van der Waals surface area contributed by atoms with E-state index in [0.717, 1.165) is 10.5 Å². The number of aromatic nitrogens is 2. The molecule has 0 bridgehead atoms. The fraction of sp³-hybridized carbons (Fsp3) is 0.318. The fourth-order valence-corrected chi connectivity index (χ4v) is 3.50. The molecule has 1 heterocycles. The Morgan fingerprint density at radius 1 is 1.07 bits per heavy atom. The number of anilines is 1. The van der Waals surface area contributed by atoms with Gasteiger partial charge in [-0.1, -0.05) is 60.9 Å². The molecule has 3 aromatic rings. The summed E-state index contributed by atoms with van der Waals surface area (Å²) in [4.78, 5) is 13.2. The SMILES string of the molecule is Cc1ccc(SCCC(=O)Nc2nnc(Cc3ccc(C(C)C)cc3)o2)cc1. The molecule has 1 N–H and O–H groups in total. The van der Waals surface area contributed by atoms with Crippen LogP contribution in [0.2, 0.25) is 0 Å². The molecule has 0 atom stereocenters. The van der Waals surface area contributed by atoms with Gasteiger partial charge < -0.3 is 4.42 Å². The van der Waals surface area contributed by atoms with Gasteiger partial charge in [-0.15, -0.1) is 16.9 Å². The van der Waals surface area contributed by atoms with Gasteiger partial charge in [-0.25, -0.2) is 0 Å². The van der Waals surface area contributed by atoms with E-state index in [1.807, 2.05) is 0 Å². The standard InChI is InChI=1S/C22H25N3O2S/c1-15(2)18-8-6-17(7-9-18)14-21-24-25-22(27-21)23-20(26)12-13-28-19-10-4-16(3)5-11-19/h4-11,15H,12-14H2,1-3H3,(H,23,25,26). The monoisotopic (exact) mass is 395 g/mol. The van der Waals surface area contributed by atoms with E-state index in [9.17, 15) is 4.79 Å². The van der Waals surface area contributed by atoms with Crippen molar-refractivity contribution in [3.8, 4) is 0 Å². The van der Waals surface area contributed by atoms with Crippen molar-refractivity contribution in [3.05, 3.63) is 71.1 Å². The van der Waals surface area contributed by atoms with Crippen molar-refractivity contribution in [1.82, 2.24) is 10.2 Å². The van der Waals surface area contributed by atoms with Crippen molar-refractivity contribution in [2.75, 3.05) is 11.1 Å². The topological polar surface area (TPSA) is 68.0 Å². The van der Waals surface area contributed by atoms with Gasteiger partial charge >= 0.3 is 6.01 Å². The number of nitrogens with zero attached hydrogens (tertiary/aromatic N) is 2. The Labute approximate surface area is 170 Å². The molecule has 0 unspecified atom stereocenters. The molecule has 0 aliphatic rings. The summed E-state index contributed by atoms with van der Waals surface area (Å²) in [6.45, 7) is 6.39. The van der Waals surface area contributed by atoms with Crippen molar-refractivity contribution in [2.45, 2.75) is 44.4 Å². The van der Waals surface area contributed by atoms with Crippen LogP contribution in [0.5, 0.6) is 0 Å². The van der Waals surface area contributed by atoms with Crippen molar-refractivity contribution < 1.29 is 9.21 Å². The molecule has 0 aliphatic carbocycles. The Morgan fingerprint density at radius 3 is 2.46 bits per heavy atom. The number of carbonyl (C=O) groups is 1. The molecular weight excluding hydrogens is 370 g/mol. The minimum Gasteiger partial charge on any atom is -0.407 e. The number of thioether (sulfide) groups is 1. The first-order valence-corrected chi connectivity index (χ1v) is 10.4. The number of carbonyl (C=O) groups excluding carboxylic acids is 1. The van der Waals surface area contributed by atoms with E-state index in [-0.39, 0.29) is 11.9 Å². The largest absolute Gasteiger partial charge is 0.407 e. The quantitative estimate of drug-likeness (QED) is 0.530. The van der Waals surface area contributed by atoms with Gasteiger partial charge in [-0.2, -0.15) is 0 Å². The van der Waals surface area contributed by atoms with Crippen LogP contribution < -0.4 is 5.32 Å². The molecule has 0 aliphatic heterocycles. The lowest BCUT2D eigenvalue weighted by molar-refractivity contribution is -0.115. The highest BCUT2D eigenvalue weighted by atomic mass is 32.2. The normalized spacial score (nSPS) is 11.0. The summed E-state index contributed by atoms with van der Waals surface area (Å²) in [5.41, 5.74) is 3.62. The third-order valence-corrected chi connectivity index (χ3v) is 5.35. The van der Waals surface area contributed by atoms with Crippen molar-refractivity contribution in [3.63, 3.8) is 0 Å². The Kier molecular flexibility index (Phi) is 6.87. The summed E-state index contributed by atoms with van der Waals surface area (Å²) in [7, 11) is 0. The lowest BCUT2D eigenvalue weighted by Crippen LogP contribution is -2.12. The van der Waals surface area contributed by atoms with Crippen LogP contribution >= 0.6 is 11.8 Å². The molecule has 5 nitrogen and oxygen atoms in total. The second-order valence-electron chi connectivity index (χ2n) is 7.03. The van der Waals surface area contributed by atoms with Gasteiger partial charge in [0.1, 0.15) is 0 Å². The first kappa shape index (κ1) is 20.1. The molecule has 0 spiro atoms. The van der Waals surface area contributed by atoms with Gasteiger partial charge in [0.2, 0.25) is 11.8 Å².